The van der Waals surface area contributed by atoms with Gasteiger partial charge in [-0.15, -0.1) is 0 Å². The van der Waals surface area contributed by atoms with E-state index in [0.717, 1.165) is 37.9 Å². The van der Waals surface area contributed by atoms with Crippen LogP contribution < -0.4 is 5.73 Å². The van der Waals surface area contributed by atoms with Gasteiger partial charge in [0.25, 0.3) is 0 Å². The number of hydrogen-bond donors (Lipinski definition) is 1. The van der Waals surface area contributed by atoms with Gasteiger partial charge in [-0.25, -0.2) is 0 Å². The molecule has 1 heterocycles. The number of carbonyl (C=O) groups is 1. The van der Waals surface area contributed by atoms with Gasteiger partial charge in [0.2, 0.25) is 0 Å². The standard InChI is InChI=1S/C17H26N2O2/c1-14(8-11-18)19-12-9-17(10-13-19,16(20)21-2)15-6-4-3-5-7-15/h3-7,14H,8-13,18H2,1-2H3/t14-/m0/s1. The van der Waals surface area contributed by atoms with E-state index in [1.54, 1.807) is 0 Å². The molecule has 116 valence electrons. The maximum atomic E-state index is 12.4. The van der Waals surface area contributed by atoms with E-state index < -0.39 is 5.41 Å². The number of piperidine rings is 1. The lowest BCUT2D eigenvalue weighted by Gasteiger charge is -2.42. The summed E-state index contributed by atoms with van der Waals surface area (Å²) in [6.45, 7) is 4.73. The minimum atomic E-state index is -0.491. The number of nitrogens with zero attached hydrogens (tertiary/aromatic N) is 1. The molecule has 0 unspecified atom stereocenters. The highest BCUT2D eigenvalue weighted by Gasteiger charge is 2.44. The zero-order chi connectivity index (χ0) is 15.3. The second-order valence-electron chi connectivity index (χ2n) is 5.90. The molecule has 1 atom stereocenters. The van der Waals surface area contributed by atoms with Crippen molar-refractivity contribution in [3.05, 3.63) is 35.9 Å². The monoisotopic (exact) mass is 290 g/mol. The minimum Gasteiger partial charge on any atom is -0.468 e. The van der Waals surface area contributed by atoms with E-state index in [0.29, 0.717) is 12.6 Å². The summed E-state index contributed by atoms with van der Waals surface area (Å²) in [5.41, 5.74) is 6.23. The van der Waals surface area contributed by atoms with E-state index in [-0.39, 0.29) is 5.97 Å². The molecular formula is C17H26N2O2. The zero-order valence-electron chi connectivity index (χ0n) is 13.0. The number of benzene rings is 1. The first-order valence-corrected chi connectivity index (χ1v) is 7.72. The highest BCUT2D eigenvalue weighted by atomic mass is 16.5. The number of likely N-dealkylation sites (tertiary alicyclic amines) is 1. The summed E-state index contributed by atoms with van der Waals surface area (Å²) in [5.74, 6) is -0.111. The predicted octanol–water partition coefficient (Wildman–Crippen LogP) is 1.93. The van der Waals surface area contributed by atoms with Crippen LogP contribution in [0.2, 0.25) is 0 Å². The van der Waals surface area contributed by atoms with Crippen molar-refractivity contribution in [2.45, 2.75) is 37.6 Å². The maximum absolute atomic E-state index is 12.4. The topological polar surface area (TPSA) is 55.6 Å². The molecule has 0 spiro atoms. The summed E-state index contributed by atoms with van der Waals surface area (Å²) >= 11 is 0. The first-order chi connectivity index (χ1) is 10.1. The number of rotatable bonds is 5. The van der Waals surface area contributed by atoms with E-state index in [1.165, 1.54) is 7.11 Å². The smallest absolute Gasteiger partial charge is 0.316 e. The molecule has 0 saturated carbocycles. The highest BCUT2D eigenvalue weighted by molar-refractivity contribution is 5.83. The molecule has 4 nitrogen and oxygen atoms in total. The molecule has 1 saturated heterocycles. The Labute approximate surface area is 127 Å². The van der Waals surface area contributed by atoms with E-state index >= 15 is 0 Å². The van der Waals surface area contributed by atoms with E-state index in [1.807, 2.05) is 30.3 Å². The first-order valence-electron chi connectivity index (χ1n) is 7.72. The van der Waals surface area contributed by atoms with Crippen molar-refractivity contribution in [2.24, 2.45) is 5.73 Å². The van der Waals surface area contributed by atoms with E-state index in [2.05, 4.69) is 11.8 Å². The molecule has 1 fully saturated rings. The van der Waals surface area contributed by atoms with Crippen LogP contribution in [0.5, 0.6) is 0 Å². The van der Waals surface area contributed by atoms with Crippen LogP contribution in [0, 0.1) is 0 Å². The van der Waals surface area contributed by atoms with Gasteiger partial charge in [0.1, 0.15) is 0 Å². The quantitative estimate of drug-likeness (QED) is 0.842. The number of ether oxygens (including phenoxy) is 1. The Morgan fingerprint density at radius 2 is 1.95 bits per heavy atom. The lowest BCUT2D eigenvalue weighted by molar-refractivity contribution is -0.150. The van der Waals surface area contributed by atoms with Crippen molar-refractivity contribution in [3.63, 3.8) is 0 Å². The molecular weight excluding hydrogens is 264 g/mol. The lowest BCUT2D eigenvalue weighted by Crippen LogP contribution is -2.50. The van der Waals surface area contributed by atoms with Crippen LogP contribution in [-0.2, 0) is 14.9 Å². The second-order valence-corrected chi connectivity index (χ2v) is 5.90. The van der Waals surface area contributed by atoms with Gasteiger partial charge in [-0.3, -0.25) is 4.79 Å². The fourth-order valence-corrected chi connectivity index (χ4v) is 3.33. The SMILES string of the molecule is COC(=O)C1(c2ccccc2)CCN([C@@H](C)CCN)CC1. The van der Waals surface area contributed by atoms with E-state index in [9.17, 15) is 4.79 Å². The summed E-state index contributed by atoms with van der Waals surface area (Å²) in [4.78, 5) is 14.9. The normalized spacial score (nSPS) is 20.0. The third-order valence-corrected chi connectivity index (χ3v) is 4.76. The Morgan fingerprint density at radius 3 is 2.48 bits per heavy atom. The van der Waals surface area contributed by atoms with Crippen molar-refractivity contribution in [1.29, 1.82) is 0 Å². The zero-order valence-corrected chi connectivity index (χ0v) is 13.0. The minimum absolute atomic E-state index is 0.111. The molecule has 2 rings (SSSR count). The van der Waals surface area contributed by atoms with Crippen LogP contribution >= 0.6 is 0 Å². The third-order valence-electron chi connectivity index (χ3n) is 4.76. The Bertz CT molecular complexity index is 453. The molecule has 1 aliphatic rings. The highest BCUT2D eigenvalue weighted by Crippen LogP contribution is 2.37. The molecule has 1 aromatic rings. The maximum Gasteiger partial charge on any atom is 0.316 e. The van der Waals surface area contributed by atoms with Crippen molar-refractivity contribution < 1.29 is 9.53 Å². The van der Waals surface area contributed by atoms with Gasteiger partial charge in [0, 0.05) is 6.04 Å². The van der Waals surface area contributed by atoms with Crippen LogP contribution in [0.3, 0.4) is 0 Å². The van der Waals surface area contributed by atoms with Crippen molar-refractivity contribution in [1.82, 2.24) is 4.90 Å². The summed E-state index contributed by atoms with van der Waals surface area (Å²) in [7, 11) is 1.48. The van der Waals surface area contributed by atoms with Gasteiger partial charge in [-0.05, 0) is 51.4 Å². The number of methoxy groups -OCH3 is 1. The lowest BCUT2D eigenvalue weighted by atomic mass is 9.72. The fraction of sp³-hybridized carbons (Fsp3) is 0.588. The third kappa shape index (κ3) is 3.27. The van der Waals surface area contributed by atoms with Gasteiger partial charge in [0.15, 0.2) is 0 Å². The molecule has 1 aromatic carbocycles. The van der Waals surface area contributed by atoms with Gasteiger partial charge in [-0.1, -0.05) is 30.3 Å². The van der Waals surface area contributed by atoms with Crippen molar-refractivity contribution in [3.8, 4) is 0 Å². The Morgan fingerprint density at radius 1 is 1.33 bits per heavy atom. The van der Waals surface area contributed by atoms with Gasteiger partial charge in [-0.2, -0.15) is 0 Å². The summed E-state index contributed by atoms with van der Waals surface area (Å²) < 4.78 is 5.11. The largest absolute Gasteiger partial charge is 0.468 e. The number of carbonyl (C=O) groups excluding carboxylic acids is 1. The summed E-state index contributed by atoms with van der Waals surface area (Å²) in [5, 5.41) is 0. The van der Waals surface area contributed by atoms with Crippen LogP contribution in [0.15, 0.2) is 30.3 Å². The van der Waals surface area contributed by atoms with Crippen molar-refractivity contribution >= 4 is 5.97 Å². The molecule has 4 heteroatoms. The van der Waals surface area contributed by atoms with E-state index in [4.69, 9.17) is 10.5 Å². The average Bonchev–Trinajstić information content (AvgIpc) is 2.55. The van der Waals surface area contributed by atoms with Crippen LogP contribution in [-0.4, -0.2) is 43.7 Å². The number of esters is 1. The van der Waals surface area contributed by atoms with Crippen molar-refractivity contribution in [2.75, 3.05) is 26.7 Å². The number of nitrogens with two attached hydrogens (primary N) is 1. The fourth-order valence-electron chi connectivity index (χ4n) is 3.33. The Balaban J connectivity index is 2.17. The van der Waals surface area contributed by atoms with Crippen LogP contribution in [0.1, 0.15) is 31.7 Å². The molecule has 1 aliphatic heterocycles. The van der Waals surface area contributed by atoms with Gasteiger partial charge in [0.05, 0.1) is 12.5 Å². The average molecular weight is 290 g/mol. The molecule has 0 radical (unpaired) electrons. The predicted molar refractivity (Wildman–Crippen MR) is 84.1 cm³/mol. The summed E-state index contributed by atoms with van der Waals surface area (Å²) in [6.07, 6.45) is 2.60. The van der Waals surface area contributed by atoms with Gasteiger partial charge >= 0.3 is 5.97 Å². The van der Waals surface area contributed by atoms with Crippen LogP contribution in [0.25, 0.3) is 0 Å². The molecule has 0 amide bonds. The molecule has 0 bridgehead atoms. The van der Waals surface area contributed by atoms with Gasteiger partial charge < -0.3 is 15.4 Å². The molecule has 21 heavy (non-hydrogen) atoms. The molecule has 2 N–H and O–H groups in total. The Hall–Kier alpha value is -1.39. The number of hydrogen-bond acceptors (Lipinski definition) is 4. The van der Waals surface area contributed by atoms with Crippen LogP contribution in [0.4, 0.5) is 0 Å². The molecule has 0 aromatic heterocycles. The molecule has 0 aliphatic carbocycles. The Kier molecular flexibility index (Phi) is 5.37. The summed E-state index contributed by atoms with van der Waals surface area (Å²) in [6, 6.07) is 10.5. The second kappa shape index (κ2) is 7.05. The first kappa shape index (κ1) is 16.0.